The molecule has 3 rings (SSSR count). The van der Waals surface area contributed by atoms with Gasteiger partial charge in [-0.05, 0) is 42.7 Å². The summed E-state index contributed by atoms with van der Waals surface area (Å²) in [6, 6.07) is 9.80. The van der Waals surface area contributed by atoms with Crippen LogP contribution in [0.1, 0.15) is 16.2 Å². The molecular weight excluding hydrogens is 375 g/mol. The van der Waals surface area contributed by atoms with Crippen LogP contribution in [-0.2, 0) is 11.3 Å². The number of esters is 1. The third-order valence-electron chi connectivity index (χ3n) is 3.62. The second-order valence-electron chi connectivity index (χ2n) is 5.35. The Morgan fingerprint density at radius 2 is 2.04 bits per heavy atom. The first kappa shape index (κ1) is 18.6. The third kappa shape index (κ3) is 4.32. The summed E-state index contributed by atoms with van der Waals surface area (Å²) in [5, 5.41) is 11.1. The molecule has 3 aromatic rings. The van der Waals surface area contributed by atoms with Crippen LogP contribution in [0.4, 0.5) is 10.1 Å². The lowest BCUT2D eigenvalue weighted by Gasteiger charge is -2.04. The van der Waals surface area contributed by atoms with E-state index in [0.29, 0.717) is 16.2 Å². The van der Waals surface area contributed by atoms with E-state index < -0.39 is 10.9 Å². The summed E-state index contributed by atoms with van der Waals surface area (Å²) in [7, 11) is 0. The predicted octanol–water partition coefficient (Wildman–Crippen LogP) is 4.47. The standard InChI is InChI=1S/C18H13FN2O5S/c1-27-16-7-4-12(8-14(16)21(23)24)18(22)25-10-17-20-9-15(26-17)11-2-5-13(19)6-3-11/h2-9H,10H2,1H3. The molecule has 0 aliphatic rings. The summed E-state index contributed by atoms with van der Waals surface area (Å²) >= 11 is 1.21. The zero-order valence-electron chi connectivity index (χ0n) is 14.0. The van der Waals surface area contributed by atoms with Gasteiger partial charge >= 0.3 is 5.97 Å². The fourth-order valence-electron chi connectivity index (χ4n) is 2.29. The lowest BCUT2D eigenvalue weighted by molar-refractivity contribution is -0.387. The Bertz CT molecular complexity index is 988. The summed E-state index contributed by atoms with van der Waals surface area (Å²) < 4.78 is 23.5. The molecule has 7 nitrogen and oxygen atoms in total. The highest BCUT2D eigenvalue weighted by molar-refractivity contribution is 7.98. The van der Waals surface area contributed by atoms with Crippen LogP contribution in [0.2, 0.25) is 0 Å². The second kappa shape index (κ2) is 8.00. The fourth-order valence-corrected chi connectivity index (χ4v) is 2.84. The van der Waals surface area contributed by atoms with Crippen LogP contribution in [0.3, 0.4) is 0 Å². The smallest absolute Gasteiger partial charge is 0.338 e. The molecule has 0 fully saturated rings. The minimum absolute atomic E-state index is 0.0600. The van der Waals surface area contributed by atoms with Crippen LogP contribution < -0.4 is 0 Å². The topological polar surface area (TPSA) is 95.5 Å². The Morgan fingerprint density at radius 3 is 2.70 bits per heavy atom. The number of aromatic nitrogens is 1. The van der Waals surface area contributed by atoms with Gasteiger partial charge in [0.2, 0.25) is 5.89 Å². The van der Waals surface area contributed by atoms with E-state index in [-0.39, 0.29) is 29.6 Å². The lowest BCUT2D eigenvalue weighted by Crippen LogP contribution is -2.06. The molecule has 9 heteroatoms. The maximum atomic E-state index is 13.0. The molecular formula is C18H13FN2O5S. The number of hydrogen-bond acceptors (Lipinski definition) is 7. The van der Waals surface area contributed by atoms with Gasteiger partial charge in [-0.3, -0.25) is 10.1 Å². The van der Waals surface area contributed by atoms with Crippen LogP contribution >= 0.6 is 11.8 Å². The molecule has 1 heterocycles. The molecule has 2 aromatic carbocycles. The van der Waals surface area contributed by atoms with E-state index in [4.69, 9.17) is 9.15 Å². The number of nitrogens with zero attached hydrogens (tertiary/aromatic N) is 2. The Kier molecular flexibility index (Phi) is 5.51. The number of nitro groups is 1. The Hall–Kier alpha value is -3.20. The monoisotopic (exact) mass is 388 g/mol. The van der Waals surface area contributed by atoms with E-state index in [0.717, 1.165) is 0 Å². The molecule has 27 heavy (non-hydrogen) atoms. The zero-order valence-corrected chi connectivity index (χ0v) is 14.9. The largest absolute Gasteiger partial charge is 0.452 e. The maximum absolute atomic E-state index is 13.0. The first-order chi connectivity index (χ1) is 13.0. The average Bonchev–Trinajstić information content (AvgIpc) is 3.15. The zero-order chi connectivity index (χ0) is 19.4. The maximum Gasteiger partial charge on any atom is 0.338 e. The number of carbonyl (C=O) groups excluding carboxylic acids is 1. The molecule has 0 N–H and O–H groups in total. The van der Waals surface area contributed by atoms with Gasteiger partial charge in [0.1, 0.15) is 5.82 Å². The van der Waals surface area contributed by atoms with Crippen LogP contribution in [0, 0.1) is 15.9 Å². The van der Waals surface area contributed by atoms with Crippen molar-refractivity contribution < 1.29 is 23.3 Å². The van der Waals surface area contributed by atoms with Crippen molar-refractivity contribution >= 4 is 23.4 Å². The molecule has 0 bridgehead atoms. The van der Waals surface area contributed by atoms with Gasteiger partial charge in [0.15, 0.2) is 12.4 Å². The minimum atomic E-state index is -0.729. The first-order valence-electron chi connectivity index (χ1n) is 7.68. The Labute approximate surface area is 157 Å². The van der Waals surface area contributed by atoms with Crippen LogP contribution in [0.5, 0.6) is 0 Å². The second-order valence-corrected chi connectivity index (χ2v) is 6.19. The summed E-state index contributed by atoms with van der Waals surface area (Å²) in [6.07, 6.45) is 3.15. The number of nitro benzene ring substituents is 1. The van der Waals surface area contributed by atoms with E-state index in [1.165, 1.54) is 60.4 Å². The van der Waals surface area contributed by atoms with E-state index in [1.54, 1.807) is 6.26 Å². The van der Waals surface area contributed by atoms with Crippen LogP contribution in [0.15, 0.2) is 58.0 Å². The number of rotatable bonds is 6. The van der Waals surface area contributed by atoms with Crippen molar-refractivity contribution in [1.29, 1.82) is 0 Å². The van der Waals surface area contributed by atoms with E-state index in [2.05, 4.69) is 4.98 Å². The molecule has 0 aliphatic carbocycles. The number of oxazole rings is 1. The van der Waals surface area contributed by atoms with Crippen molar-refractivity contribution in [1.82, 2.24) is 4.98 Å². The van der Waals surface area contributed by atoms with E-state index >= 15 is 0 Å². The van der Waals surface area contributed by atoms with Gasteiger partial charge in [0.25, 0.3) is 5.69 Å². The van der Waals surface area contributed by atoms with Crippen LogP contribution in [-0.4, -0.2) is 22.1 Å². The summed E-state index contributed by atoms with van der Waals surface area (Å²) in [5.74, 6) is -0.541. The van der Waals surface area contributed by atoms with E-state index in [1.807, 2.05) is 0 Å². The summed E-state index contributed by atoms with van der Waals surface area (Å²) in [4.78, 5) is 27.1. The Morgan fingerprint density at radius 1 is 1.30 bits per heavy atom. The number of thioether (sulfide) groups is 1. The van der Waals surface area contributed by atoms with E-state index in [9.17, 15) is 19.3 Å². The molecule has 138 valence electrons. The van der Waals surface area contributed by atoms with Gasteiger partial charge in [-0.1, -0.05) is 0 Å². The van der Waals surface area contributed by atoms with Crippen molar-refractivity contribution in [2.24, 2.45) is 0 Å². The van der Waals surface area contributed by atoms with Gasteiger partial charge in [-0.15, -0.1) is 11.8 Å². The SMILES string of the molecule is CSc1ccc(C(=O)OCc2ncc(-c3ccc(F)cc3)o2)cc1[N+](=O)[O-]. The van der Waals surface area contributed by atoms with Gasteiger partial charge < -0.3 is 9.15 Å². The Balaban J connectivity index is 1.68. The molecule has 0 radical (unpaired) electrons. The number of halogens is 1. The summed E-state index contributed by atoms with van der Waals surface area (Å²) in [6.45, 7) is -0.238. The number of hydrogen-bond donors (Lipinski definition) is 0. The van der Waals surface area contributed by atoms with Gasteiger partial charge in [-0.25, -0.2) is 14.2 Å². The van der Waals surface area contributed by atoms with Crippen molar-refractivity contribution in [3.05, 3.63) is 76.0 Å². The fraction of sp³-hybridized carbons (Fsp3) is 0.111. The molecule has 0 saturated heterocycles. The van der Waals surface area contributed by atoms with Gasteiger partial charge in [0.05, 0.1) is 21.6 Å². The minimum Gasteiger partial charge on any atom is -0.452 e. The molecule has 1 aromatic heterocycles. The quantitative estimate of drug-likeness (QED) is 0.266. The van der Waals surface area contributed by atoms with Crippen molar-refractivity contribution in [3.8, 4) is 11.3 Å². The number of carbonyl (C=O) groups is 1. The molecule has 0 aliphatic heterocycles. The number of benzene rings is 2. The highest BCUT2D eigenvalue weighted by Gasteiger charge is 2.18. The lowest BCUT2D eigenvalue weighted by atomic mass is 10.2. The van der Waals surface area contributed by atoms with Crippen LogP contribution in [0.25, 0.3) is 11.3 Å². The number of ether oxygens (including phenoxy) is 1. The van der Waals surface area contributed by atoms with Crippen molar-refractivity contribution in [2.75, 3.05) is 6.26 Å². The molecule has 0 spiro atoms. The predicted molar refractivity (Wildman–Crippen MR) is 95.9 cm³/mol. The normalized spacial score (nSPS) is 10.6. The highest BCUT2D eigenvalue weighted by Crippen LogP contribution is 2.28. The first-order valence-corrected chi connectivity index (χ1v) is 8.90. The van der Waals surface area contributed by atoms with Gasteiger partial charge in [-0.2, -0.15) is 0 Å². The van der Waals surface area contributed by atoms with Crippen molar-refractivity contribution in [3.63, 3.8) is 0 Å². The third-order valence-corrected chi connectivity index (χ3v) is 4.41. The molecule has 0 saturated carbocycles. The average molecular weight is 388 g/mol. The molecule has 0 unspecified atom stereocenters. The summed E-state index contributed by atoms with van der Waals surface area (Å²) in [5.41, 5.74) is 0.529. The highest BCUT2D eigenvalue weighted by atomic mass is 32.2. The van der Waals surface area contributed by atoms with Crippen molar-refractivity contribution in [2.45, 2.75) is 11.5 Å². The molecule has 0 atom stereocenters. The van der Waals surface area contributed by atoms with Gasteiger partial charge in [0, 0.05) is 11.6 Å². The molecule has 0 amide bonds.